The van der Waals surface area contributed by atoms with Gasteiger partial charge in [0.2, 0.25) is 0 Å². The van der Waals surface area contributed by atoms with Gasteiger partial charge in [-0.1, -0.05) is 20.8 Å². The van der Waals surface area contributed by atoms with Crippen molar-refractivity contribution in [2.24, 2.45) is 0 Å². The van der Waals surface area contributed by atoms with Crippen molar-refractivity contribution in [1.29, 1.82) is 0 Å². The zero-order valence-corrected chi connectivity index (χ0v) is 15.9. The second-order valence-corrected chi connectivity index (χ2v) is 7.82. The summed E-state index contributed by atoms with van der Waals surface area (Å²) in [7, 11) is 1.79. The number of anilines is 1. The molecule has 118 valence electrons. The van der Waals surface area contributed by atoms with E-state index in [2.05, 4.69) is 55.6 Å². The van der Waals surface area contributed by atoms with Crippen LogP contribution in [0, 0.1) is 3.57 Å². The van der Waals surface area contributed by atoms with Gasteiger partial charge in [-0.2, -0.15) is 0 Å². The minimum atomic E-state index is -0.297. The summed E-state index contributed by atoms with van der Waals surface area (Å²) < 4.78 is 6.99. The van der Waals surface area contributed by atoms with Crippen LogP contribution in [-0.4, -0.2) is 23.6 Å². The molecule has 0 unspecified atom stereocenters. The quantitative estimate of drug-likeness (QED) is 0.765. The number of ether oxygens (including phenoxy) is 1. The molecule has 0 aromatic carbocycles. The van der Waals surface area contributed by atoms with E-state index in [4.69, 9.17) is 14.7 Å². The number of methoxy groups -OCH3 is 1. The lowest BCUT2D eigenvalue weighted by atomic mass is 9.91. The monoisotopic (exact) mass is 403 g/mol. The molecule has 1 N–H and O–H groups in total. The van der Waals surface area contributed by atoms with E-state index in [1.807, 2.05) is 0 Å². The smallest absolute Gasteiger partial charge is 0.162 e. The normalized spacial score (nSPS) is 18.0. The second kappa shape index (κ2) is 6.36. The highest BCUT2D eigenvalue weighted by Crippen LogP contribution is 2.41. The predicted molar refractivity (Wildman–Crippen MR) is 94.8 cm³/mol. The first-order valence-electron chi connectivity index (χ1n) is 7.71. The Labute approximate surface area is 141 Å². The van der Waals surface area contributed by atoms with E-state index in [0.717, 1.165) is 40.3 Å². The van der Waals surface area contributed by atoms with E-state index in [-0.39, 0.29) is 11.0 Å². The Morgan fingerprint density at radius 2 is 1.86 bits per heavy atom. The van der Waals surface area contributed by atoms with Gasteiger partial charge >= 0.3 is 0 Å². The zero-order valence-electron chi connectivity index (χ0n) is 13.7. The summed E-state index contributed by atoms with van der Waals surface area (Å²) in [6.45, 7) is 9.55. The Bertz CT molecular complexity index is 505. The first-order valence-corrected chi connectivity index (χ1v) is 8.79. The molecule has 0 saturated heterocycles. The van der Waals surface area contributed by atoms with Crippen LogP contribution >= 0.6 is 22.6 Å². The standard InChI is InChI=1S/C16H26IN3O/c1-6-18-13-11(17)12(15(2,3)4)19-14(20-13)16(21-5)9-7-8-10-16/h6-10H2,1-5H3,(H,18,19,20). The molecule has 0 radical (unpaired) electrons. The van der Waals surface area contributed by atoms with Gasteiger partial charge in [0.1, 0.15) is 11.4 Å². The van der Waals surface area contributed by atoms with Crippen LogP contribution in [0.1, 0.15) is 64.9 Å². The molecule has 1 aliphatic carbocycles. The Balaban J connectivity index is 2.58. The van der Waals surface area contributed by atoms with Crippen molar-refractivity contribution < 1.29 is 4.74 Å². The summed E-state index contributed by atoms with van der Waals surface area (Å²) in [5, 5.41) is 3.38. The Morgan fingerprint density at radius 3 is 2.33 bits per heavy atom. The number of halogens is 1. The van der Waals surface area contributed by atoms with Gasteiger partial charge in [-0.25, -0.2) is 9.97 Å². The lowest BCUT2D eigenvalue weighted by molar-refractivity contribution is -0.0165. The third-order valence-corrected chi connectivity index (χ3v) is 5.14. The average Bonchev–Trinajstić information content (AvgIpc) is 2.90. The van der Waals surface area contributed by atoms with Gasteiger partial charge in [-0.15, -0.1) is 0 Å². The molecule has 1 heterocycles. The maximum atomic E-state index is 5.87. The number of rotatable bonds is 4. The van der Waals surface area contributed by atoms with E-state index in [0.29, 0.717) is 0 Å². The highest BCUT2D eigenvalue weighted by Gasteiger charge is 2.40. The van der Waals surface area contributed by atoms with Crippen LogP contribution in [0.15, 0.2) is 0 Å². The van der Waals surface area contributed by atoms with Crippen molar-refractivity contribution in [3.8, 4) is 0 Å². The first kappa shape index (κ1) is 16.9. The fourth-order valence-corrected chi connectivity index (χ4v) is 4.14. The fourth-order valence-electron chi connectivity index (χ4n) is 2.90. The van der Waals surface area contributed by atoms with Crippen LogP contribution < -0.4 is 5.32 Å². The maximum absolute atomic E-state index is 5.87. The number of nitrogens with zero attached hydrogens (tertiary/aromatic N) is 2. The molecule has 21 heavy (non-hydrogen) atoms. The van der Waals surface area contributed by atoms with Crippen LogP contribution in [-0.2, 0) is 15.8 Å². The summed E-state index contributed by atoms with van der Waals surface area (Å²) >= 11 is 2.36. The Hall–Kier alpha value is -0.430. The van der Waals surface area contributed by atoms with Crippen LogP contribution in [0.4, 0.5) is 5.82 Å². The first-order chi connectivity index (χ1) is 9.84. The highest BCUT2D eigenvalue weighted by molar-refractivity contribution is 14.1. The molecule has 5 heteroatoms. The van der Waals surface area contributed by atoms with E-state index in [9.17, 15) is 0 Å². The molecule has 0 aliphatic heterocycles. The van der Waals surface area contributed by atoms with Crippen molar-refractivity contribution in [2.75, 3.05) is 19.0 Å². The summed E-state index contributed by atoms with van der Waals surface area (Å²) in [6, 6.07) is 0. The highest BCUT2D eigenvalue weighted by atomic mass is 127. The summed E-state index contributed by atoms with van der Waals surface area (Å²) in [5.41, 5.74) is 0.799. The molecule has 1 fully saturated rings. The van der Waals surface area contributed by atoms with Crippen molar-refractivity contribution in [2.45, 2.75) is 64.4 Å². The number of nitrogens with one attached hydrogen (secondary N) is 1. The minimum Gasteiger partial charge on any atom is -0.370 e. The Kier molecular flexibility index (Phi) is 5.13. The van der Waals surface area contributed by atoms with Gasteiger partial charge in [-0.05, 0) is 55.2 Å². The van der Waals surface area contributed by atoms with Gasteiger partial charge in [-0.3, -0.25) is 0 Å². The van der Waals surface area contributed by atoms with Gasteiger partial charge in [0.15, 0.2) is 5.82 Å². The minimum absolute atomic E-state index is 0.00802. The molecule has 4 nitrogen and oxygen atoms in total. The molecular weight excluding hydrogens is 377 g/mol. The molecule has 1 aromatic heterocycles. The molecule has 0 bridgehead atoms. The van der Waals surface area contributed by atoms with Gasteiger partial charge in [0.05, 0.1) is 9.26 Å². The van der Waals surface area contributed by atoms with Crippen molar-refractivity contribution in [3.05, 3.63) is 15.1 Å². The third kappa shape index (κ3) is 3.33. The largest absolute Gasteiger partial charge is 0.370 e. The molecule has 0 atom stereocenters. The lowest BCUT2D eigenvalue weighted by Crippen LogP contribution is -2.30. The third-order valence-electron chi connectivity index (χ3n) is 4.12. The lowest BCUT2D eigenvalue weighted by Gasteiger charge is -2.29. The molecule has 2 rings (SSSR count). The van der Waals surface area contributed by atoms with E-state index < -0.39 is 0 Å². The average molecular weight is 403 g/mol. The van der Waals surface area contributed by atoms with Crippen LogP contribution in [0.3, 0.4) is 0 Å². The zero-order chi connectivity index (χ0) is 15.7. The molecule has 1 aliphatic rings. The van der Waals surface area contributed by atoms with Crippen molar-refractivity contribution >= 4 is 28.4 Å². The van der Waals surface area contributed by atoms with Crippen molar-refractivity contribution in [1.82, 2.24) is 9.97 Å². The van der Waals surface area contributed by atoms with E-state index in [1.165, 1.54) is 12.8 Å². The SMILES string of the molecule is CCNc1nc(C2(OC)CCCC2)nc(C(C)(C)C)c1I. The summed E-state index contributed by atoms with van der Waals surface area (Å²) in [6.07, 6.45) is 4.40. The van der Waals surface area contributed by atoms with Gasteiger partial charge < -0.3 is 10.1 Å². The summed E-state index contributed by atoms with van der Waals surface area (Å²) in [4.78, 5) is 9.73. The van der Waals surface area contributed by atoms with Crippen LogP contribution in [0.2, 0.25) is 0 Å². The van der Waals surface area contributed by atoms with Gasteiger partial charge in [0.25, 0.3) is 0 Å². The topological polar surface area (TPSA) is 47.0 Å². The number of hydrogen-bond acceptors (Lipinski definition) is 4. The fraction of sp³-hybridized carbons (Fsp3) is 0.750. The van der Waals surface area contributed by atoms with Crippen LogP contribution in [0.25, 0.3) is 0 Å². The van der Waals surface area contributed by atoms with Crippen LogP contribution in [0.5, 0.6) is 0 Å². The predicted octanol–water partition coefficient (Wildman–Crippen LogP) is 4.23. The molecule has 0 spiro atoms. The molecule has 1 saturated carbocycles. The van der Waals surface area contributed by atoms with Crippen molar-refractivity contribution in [3.63, 3.8) is 0 Å². The molecule has 0 amide bonds. The summed E-state index contributed by atoms with van der Waals surface area (Å²) in [5.74, 6) is 1.79. The van der Waals surface area contributed by atoms with E-state index in [1.54, 1.807) is 7.11 Å². The number of hydrogen-bond donors (Lipinski definition) is 1. The molecule has 1 aromatic rings. The maximum Gasteiger partial charge on any atom is 0.162 e. The molecular formula is C16H26IN3O. The van der Waals surface area contributed by atoms with E-state index >= 15 is 0 Å². The second-order valence-electron chi connectivity index (χ2n) is 6.74. The Morgan fingerprint density at radius 1 is 1.24 bits per heavy atom. The number of aromatic nitrogens is 2. The van der Waals surface area contributed by atoms with Gasteiger partial charge in [0, 0.05) is 19.1 Å².